The molecule has 2 aromatic rings. The van der Waals surface area contributed by atoms with E-state index < -0.39 is 0 Å². The van der Waals surface area contributed by atoms with E-state index in [1.54, 1.807) is 24.4 Å². The first kappa shape index (κ1) is 29.8. The number of hydrogen-bond donors (Lipinski definition) is 1. The Hall–Kier alpha value is -2.24. The Labute approximate surface area is 217 Å². The van der Waals surface area contributed by atoms with E-state index in [0.29, 0.717) is 23.7 Å². The van der Waals surface area contributed by atoms with Crippen LogP contribution in [0.5, 0.6) is 11.9 Å². The largest absolute Gasteiger partial charge is 0.461 e. The zero-order valence-electron chi connectivity index (χ0n) is 20.6. The fraction of sp³-hybridized carbons (Fsp3) is 0.480. The molecule has 1 saturated carbocycles. The van der Waals surface area contributed by atoms with Crippen molar-refractivity contribution in [1.82, 2.24) is 19.9 Å². The summed E-state index contributed by atoms with van der Waals surface area (Å²) in [6.07, 6.45) is 13.7. The molecule has 0 saturated heterocycles. The van der Waals surface area contributed by atoms with E-state index in [2.05, 4.69) is 35.4 Å². The van der Waals surface area contributed by atoms with E-state index in [0.717, 1.165) is 36.8 Å². The van der Waals surface area contributed by atoms with Crippen LogP contribution in [0.2, 0.25) is 0 Å². The van der Waals surface area contributed by atoms with Crippen molar-refractivity contribution < 1.29 is 17.3 Å². The molecule has 0 amide bonds. The molecule has 8 nitrogen and oxygen atoms in total. The Morgan fingerprint density at radius 2 is 2.03 bits per heavy atom. The third-order valence-electron chi connectivity index (χ3n) is 5.04. The maximum absolute atomic E-state index is 8.81. The number of aryl methyl sites for hydroxylation is 1. The number of imidazole rings is 1. The average molecular weight is 584 g/mol. The molecule has 1 aliphatic rings. The number of aldehydes is 1. The van der Waals surface area contributed by atoms with Gasteiger partial charge in [-0.3, -0.25) is 4.57 Å². The quantitative estimate of drug-likeness (QED) is 0.181. The summed E-state index contributed by atoms with van der Waals surface area (Å²) in [6.45, 7) is 11.7. The van der Waals surface area contributed by atoms with Gasteiger partial charge in [0.2, 0.25) is 5.88 Å². The van der Waals surface area contributed by atoms with Crippen LogP contribution in [0.15, 0.2) is 49.4 Å². The average Bonchev–Trinajstić information content (AvgIpc) is 3.15. The molecule has 0 radical (unpaired) electrons. The molecule has 2 heterocycles. The summed E-state index contributed by atoms with van der Waals surface area (Å²) >= 11 is 1.89. The summed E-state index contributed by atoms with van der Waals surface area (Å²) in [7, 11) is 3.87. The highest BCUT2D eigenvalue weighted by molar-refractivity contribution is 14.1. The van der Waals surface area contributed by atoms with Gasteiger partial charge in [-0.15, -0.1) is 0 Å². The smallest absolute Gasteiger partial charge is 0.297 e. The number of ether oxygens (including phenoxy) is 2. The van der Waals surface area contributed by atoms with Gasteiger partial charge in [0, 0.05) is 19.2 Å². The minimum Gasteiger partial charge on any atom is -0.461 e. The van der Waals surface area contributed by atoms with E-state index in [1.807, 2.05) is 47.7 Å². The summed E-state index contributed by atoms with van der Waals surface area (Å²) in [4.78, 5) is 17.7. The molecule has 1 unspecified atom stereocenters. The molecule has 2 aromatic heterocycles. The van der Waals surface area contributed by atoms with Crippen molar-refractivity contribution in [1.29, 1.82) is 0 Å². The molecule has 1 N–H and O–H groups in total. The molecule has 1 aliphatic carbocycles. The van der Waals surface area contributed by atoms with Crippen LogP contribution in [-0.2, 0) is 14.9 Å². The topological polar surface area (TPSA) is 87.5 Å². The van der Waals surface area contributed by atoms with Crippen LogP contribution in [0.3, 0.4) is 0 Å². The second kappa shape index (κ2) is 17.2. The highest BCUT2D eigenvalue weighted by atomic mass is 127. The fourth-order valence-electron chi connectivity index (χ4n) is 3.11. The number of fused-ring (bicyclic) bond motifs is 1. The van der Waals surface area contributed by atoms with Crippen molar-refractivity contribution in [3.8, 4) is 11.9 Å². The Bertz CT molecular complexity index is 923. The molecule has 0 spiro atoms. The molecule has 1 atom stereocenters. The van der Waals surface area contributed by atoms with Gasteiger partial charge in [-0.2, -0.15) is 4.98 Å². The van der Waals surface area contributed by atoms with Gasteiger partial charge in [-0.05, 0) is 58.7 Å². The summed E-state index contributed by atoms with van der Waals surface area (Å²) in [6, 6.07) is 2.97. The fourth-order valence-corrected chi connectivity index (χ4v) is 3.65. The maximum Gasteiger partial charge on any atom is 0.297 e. The Balaban J connectivity index is 0.000000491. The number of likely N-dealkylation sites (N-methyl/N-ethyl adjacent to an activating group) is 1. The molecule has 3 rings (SSSR count). The third-order valence-corrected chi connectivity index (χ3v) is 5.40. The van der Waals surface area contributed by atoms with Gasteiger partial charge in [0.1, 0.15) is 46.7 Å². The lowest BCUT2D eigenvalue weighted by molar-refractivity contribution is -0.106. The van der Waals surface area contributed by atoms with E-state index in [1.165, 1.54) is 26.2 Å². The predicted molar refractivity (Wildman–Crippen MR) is 145 cm³/mol. The molecule has 0 aromatic carbocycles. The summed E-state index contributed by atoms with van der Waals surface area (Å²) in [5.41, 5.74) is 1.72. The van der Waals surface area contributed by atoms with Crippen LogP contribution in [0.1, 0.15) is 46.0 Å². The minimum absolute atomic E-state index is 0.265. The van der Waals surface area contributed by atoms with Crippen LogP contribution >= 0.6 is 23.0 Å². The van der Waals surface area contributed by atoms with Crippen LogP contribution in [0, 0.1) is 0 Å². The van der Waals surface area contributed by atoms with Crippen molar-refractivity contribution in [2.75, 3.05) is 13.7 Å². The number of nitrogens with zero attached hydrogens (tertiary/aromatic N) is 3. The van der Waals surface area contributed by atoms with Crippen molar-refractivity contribution in [2.24, 2.45) is 7.05 Å². The molecular formula is C25H37IN4O4. The molecule has 1 fully saturated rings. The van der Waals surface area contributed by atoms with Crippen LogP contribution in [0.4, 0.5) is 0 Å². The monoisotopic (exact) mass is 584 g/mol. The van der Waals surface area contributed by atoms with Gasteiger partial charge < -0.3 is 22.7 Å². The van der Waals surface area contributed by atoms with Crippen LogP contribution in [-0.4, -0.2) is 46.6 Å². The summed E-state index contributed by atoms with van der Waals surface area (Å²) in [5, 5.41) is 3.04. The van der Waals surface area contributed by atoms with Gasteiger partial charge in [-0.1, -0.05) is 25.7 Å². The Morgan fingerprint density at radius 1 is 1.35 bits per heavy atom. The van der Waals surface area contributed by atoms with E-state index in [9.17, 15) is 0 Å². The molecule has 9 heteroatoms. The first-order valence-corrected chi connectivity index (χ1v) is 12.2. The van der Waals surface area contributed by atoms with Crippen molar-refractivity contribution in [3.05, 3.63) is 49.4 Å². The van der Waals surface area contributed by atoms with Crippen LogP contribution in [0.25, 0.3) is 11.0 Å². The van der Waals surface area contributed by atoms with Gasteiger partial charge in [-0.25, -0.2) is 4.98 Å². The van der Waals surface area contributed by atoms with E-state index in [4.69, 9.17) is 17.3 Å². The number of nitrogens with one attached hydrogen (secondary N) is 1. The molecule has 0 bridgehead atoms. The minimum atomic E-state index is 0.265. The second-order valence-corrected chi connectivity index (χ2v) is 8.28. The molecule has 34 heavy (non-hydrogen) atoms. The number of halogens is 1. The van der Waals surface area contributed by atoms with Gasteiger partial charge in [0.15, 0.2) is 0 Å². The highest BCUT2D eigenvalue weighted by Crippen LogP contribution is 2.27. The number of carbonyl (C=O) groups excluding carboxylic acids is 1. The number of carbonyl (C=O) groups is 1. The zero-order valence-corrected chi connectivity index (χ0v) is 22.8. The van der Waals surface area contributed by atoms with Gasteiger partial charge >= 0.3 is 0 Å². The standard InChI is InChI=1S/C19H23N3O2.C4H10INO.C2H4O/c1-4-9-14(5-2)23-18-12-17-16(13-20-18)21-19(22(17)3)24-15-10-7-6-8-11-15;1-4(6-2)3-7-5;1-2-3/h4-5,9,12-13,15H,1-2,6-8,10-11H2,3H3;4,6H,3H2,1-2H3;2H,1H3/b14-9+;;. The number of hydrogen-bond acceptors (Lipinski definition) is 7. The maximum atomic E-state index is 8.81. The summed E-state index contributed by atoms with van der Waals surface area (Å²) < 4.78 is 18.5. The lowest BCUT2D eigenvalue weighted by atomic mass is 9.98. The first-order valence-electron chi connectivity index (χ1n) is 11.4. The molecular weight excluding hydrogens is 547 g/mol. The number of allylic oxidation sites excluding steroid dienone is 3. The van der Waals surface area contributed by atoms with E-state index >= 15 is 0 Å². The number of pyridine rings is 1. The zero-order chi connectivity index (χ0) is 25.3. The van der Waals surface area contributed by atoms with Crippen molar-refractivity contribution in [3.63, 3.8) is 0 Å². The normalized spacial score (nSPS) is 14.7. The molecule has 188 valence electrons. The van der Waals surface area contributed by atoms with Crippen molar-refractivity contribution >= 4 is 40.3 Å². The van der Waals surface area contributed by atoms with Gasteiger partial charge in [0.25, 0.3) is 6.01 Å². The Morgan fingerprint density at radius 3 is 2.56 bits per heavy atom. The SMILES string of the molecule is C=C/C=C(\C=C)Oc1cc2c(cn1)nc(OC1CCCCC1)n2C.CC=O.CNC(C)COI. The van der Waals surface area contributed by atoms with Crippen molar-refractivity contribution in [2.45, 2.75) is 58.1 Å². The number of aromatic nitrogens is 3. The van der Waals surface area contributed by atoms with E-state index in [-0.39, 0.29) is 6.10 Å². The second-order valence-electron chi connectivity index (χ2n) is 7.65. The highest BCUT2D eigenvalue weighted by Gasteiger charge is 2.18. The van der Waals surface area contributed by atoms with Gasteiger partial charge in [0.05, 0.1) is 18.3 Å². The third kappa shape index (κ3) is 10.4. The predicted octanol–water partition coefficient (Wildman–Crippen LogP) is 5.48. The van der Waals surface area contributed by atoms with Crippen LogP contribution < -0.4 is 14.8 Å². The molecule has 0 aliphatic heterocycles. The summed E-state index contributed by atoms with van der Waals surface area (Å²) in [5.74, 6) is 1.08. The number of rotatable bonds is 9. The lowest BCUT2D eigenvalue weighted by Gasteiger charge is -2.22. The first-order chi connectivity index (χ1) is 16.4. The lowest BCUT2D eigenvalue weighted by Crippen LogP contribution is -2.24. The Kier molecular flexibility index (Phi) is 15.1.